The van der Waals surface area contributed by atoms with Gasteiger partial charge in [-0.25, -0.2) is 4.98 Å². The minimum Gasteiger partial charge on any atom is -0.379 e. The third-order valence-corrected chi connectivity index (χ3v) is 3.26. The number of carbonyl (C=O) groups is 1. The molecule has 1 aliphatic heterocycles. The zero-order valence-electron chi connectivity index (χ0n) is 8.82. The van der Waals surface area contributed by atoms with E-state index >= 15 is 0 Å². The Bertz CT molecular complexity index is 444. The molecule has 2 rings (SSSR count). The molecule has 0 saturated carbocycles. The molecule has 1 aromatic rings. The second-order valence-electron chi connectivity index (χ2n) is 3.79. The number of rotatable bonds is 2. The molecular weight excluding hydrogens is 309 g/mol. The summed E-state index contributed by atoms with van der Waals surface area (Å²) in [5.41, 5.74) is 6.22. The Morgan fingerprint density at radius 2 is 2.41 bits per heavy atom. The minimum atomic E-state index is -0.343. The Labute approximate surface area is 112 Å². The van der Waals surface area contributed by atoms with Crippen molar-refractivity contribution >= 4 is 39.1 Å². The molecule has 0 aliphatic carbocycles. The molecule has 2 heterocycles. The zero-order valence-corrected chi connectivity index (χ0v) is 11.2. The molecule has 5 nitrogen and oxygen atoms in total. The average Bonchev–Trinajstić information content (AvgIpc) is 2.70. The van der Waals surface area contributed by atoms with Gasteiger partial charge in [-0.05, 0) is 22.0 Å². The number of hydrogen-bond acceptors (Lipinski definition) is 4. The normalized spacial score (nSPS) is 23.7. The Morgan fingerprint density at radius 3 is 3.06 bits per heavy atom. The van der Waals surface area contributed by atoms with Gasteiger partial charge in [-0.1, -0.05) is 11.6 Å². The van der Waals surface area contributed by atoms with Crippen LogP contribution >= 0.6 is 27.5 Å². The molecule has 1 aromatic heterocycles. The number of hydrogen-bond donors (Lipinski definition) is 2. The van der Waals surface area contributed by atoms with Gasteiger partial charge >= 0.3 is 0 Å². The first-order valence-corrected chi connectivity index (χ1v) is 6.20. The maximum atomic E-state index is 11.9. The fraction of sp³-hybridized carbons (Fsp3) is 0.400. The molecule has 7 heteroatoms. The highest BCUT2D eigenvalue weighted by Crippen LogP contribution is 2.24. The summed E-state index contributed by atoms with van der Waals surface area (Å²) in [6.07, 6.45) is 1.56. The fourth-order valence-electron chi connectivity index (χ4n) is 1.58. The molecule has 0 aromatic carbocycles. The first kappa shape index (κ1) is 12.8. The lowest BCUT2D eigenvalue weighted by molar-refractivity contribution is -0.120. The van der Waals surface area contributed by atoms with Crippen molar-refractivity contribution in [2.24, 2.45) is 11.7 Å². The van der Waals surface area contributed by atoms with Gasteiger partial charge in [0.25, 0.3) is 0 Å². The summed E-state index contributed by atoms with van der Waals surface area (Å²) in [7, 11) is 0. The highest BCUT2D eigenvalue weighted by molar-refractivity contribution is 9.10. The first-order valence-electron chi connectivity index (χ1n) is 5.03. The Kier molecular flexibility index (Phi) is 3.98. The van der Waals surface area contributed by atoms with Crippen LogP contribution in [0.4, 0.5) is 5.69 Å². The molecule has 92 valence electrons. The van der Waals surface area contributed by atoms with E-state index in [-0.39, 0.29) is 23.0 Å². The second-order valence-corrected chi connectivity index (χ2v) is 5.06. The molecule has 0 spiro atoms. The highest BCUT2D eigenvalue weighted by Gasteiger charge is 2.31. The van der Waals surface area contributed by atoms with Crippen molar-refractivity contribution in [3.63, 3.8) is 0 Å². The number of carbonyl (C=O) groups excluding carboxylic acids is 1. The summed E-state index contributed by atoms with van der Waals surface area (Å²) in [5.74, 6) is -0.540. The number of nitrogens with one attached hydrogen (secondary N) is 1. The van der Waals surface area contributed by atoms with Crippen molar-refractivity contribution in [2.75, 3.05) is 18.5 Å². The Hall–Kier alpha value is -0.690. The SMILES string of the molecule is NC1COCC1C(=O)Nc1cc(Br)cnc1Cl. The van der Waals surface area contributed by atoms with E-state index in [1.807, 2.05) is 0 Å². The molecule has 1 amide bonds. The molecule has 3 N–H and O–H groups in total. The Morgan fingerprint density at radius 1 is 1.65 bits per heavy atom. The zero-order chi connectivity index (χ0) is 12.4. The first-order chi connectivity index (χ1) is 8.08. The van der Waals surface area contributed by atoms with Crippen LogP contribution in [0.15, 0.2) is 16.7 Å². The number of halogens is 2. The van der Waals surface area contributed by atoms with Gasteiger partial charge in [0.2, 0.25) is 5.91 Å². The van der Waals surface area contributed by atoms with Crippen molar-refractivity contribution in [2.45, 2.75) is 6.04 Å². The molecule has 0 radical (unpaired) electrons. The number of pyridine rings is 1. The van der Waals surface area contributed by atoms with E-state index in [0.717, 1.165) is 4.47 Å². The molecule has 1 fully saturated rings. The number of nitrogens with zero attached hydrogens (tertiary/aromatic N) is 1. The van der Waals surface area contributed by atoms with E-state index in [1.54, 1.807) is 12.3 Å². The van der Waals surface area contributed by atoms with Gasteiger partial charge < -0.3 is 15.8 Å². The molecular formula is C10H11BrClN3O2. The van der Waals surface area contributed by atoms with Gasteiger partial charge in [-0.2, -0.15) is 0 Å². The average molecular weight is 321 g/mol. The molecule has 17 heavy (non-hydrogen) atoms. The summed E-state index contributed by atoms with van der Waals surface area (Å²) >= 11 is 9.13. The van der Waals surface area contributed by atoms with Crippen molar-refractivity contribution < 1.29 is 9.53 Å². The predicted molar refractivity (Wildman–Crippen MR) is 67.9 cm³/mol. The third kappa shape index (κ3) is 2.95. The van der Waals surface area contributed by atoms with Crippen LogP contribution in [0, 0.1) is 5.92 Å². The molecule has 1 saturated heterocycles. The van der Waals surface area contributed by atoms with Crippen molar-refractivity contribution in [3.8, 4) is 0 Å². The van der Waals surface area contributed by atoms with Gasteiger partial charge in [-0.3, -0.25) is 4.79 Å². The number of aromatic nitrogens is 1. The van der Waals surface area contributed by atoms with Crippen LogP contribution in [-0.2, 0) is 9.53 Å². The van der Waals surface area contributed by atoms with Gasteiger partial charge in [0.05, 0.1) is 24.8 Å². The standard InChI is InChI=1S/C10H11BrClN3O2/c11-5-1-8(9(12)14-2-5)15-10(16)6-3-17-4-7(6)13/h1-2,6-7H,3-4,13H2,(H,15,16). The van der Waals surface area contributed by atoms with E-state index in [0.29, 0.717) is 18.9 Å². The van der Waals surface area contributed by atoms with Crippen LogP contribution < -0.4 is 11.1 Å². The Balaban J connectivity index is 2.10. The molecule has 2 atom stereocenters. The summed E-state index contributed by atoms with van der Waals surface area (Å²) in [6.45, 7) is 0.745. The molecule has 2 unspecified atom stereocenters. The van der Waals surface area contributed by atoms with Gasteiger partial charge in [0.15, 0.2) is 5.15 Å². The smallest absolute Gasteiger partial charge is 0.231 e. The fourth-order valence-corrected chi connectivity index (χ4v) is 2.06. The number of amides is 1. The highest BCUT2D eigenvalue weighted by atomic mass is 79.9. The lowest BCUT2D eigenvalue weighted by Crippen LogP contribution is -2.37. The number of anilines is 1. The van der Waals surface area contributed by atoms with Crippen LogP contribution in [0.25, 0.3) is 0 Å². The van der Waals surface area contributed by atoms with Gasteiger partial charge in [-0.15, -0.1) is 0 Å². The third-order valence-electron chi connectivity index (χ3n) is 2.52. The molecule has 1 aliphatic rings. The van der Waals surface area contributed by atoms with Crippen LogP contribution in [0.2, 0.25) is 5.15 Å². The summed E-state index contributed by atoms with van der Waals surface area (Å²) < 4.78 is 5.88. The van der Waals surface area contributed by atoms with E-state index in [1.165, 1.54) is 0 Å². The lowest BCUT2D eigenvalue weighted by Gasteiger charge is -2.13. The second kappa shape index (κ2) is 5.30. The predicted octanol–water partition coefficient (Wildman–Crippen LogP) is 1.41. The monoisotopic (exact) mass is 319 g/mol. The number of nitrogens with two attached hydrogens (primary N) is 1. The van der Waals surface area contributed by atoms with E-state index in [9.17, 15) is 4.79 Å². The maximum absolute atomic E-state index is 11.9. The summed E-state index contributed by atoms with van der Waals surface area (Å²) in [5, 5.41) is 2.94. The van der Waals surface area contributed by atoms with Gasteiger partial charge in [0.1, 0.15) is 0 Å². The topological polar surface area (TPSA) is 77.2 Å². The summed E-state index contributed by atoms with van der Waals surface area (Å²) in [4.78, 5) is 15.8. The van der Waals surface area contributed by atoms with Crippen molar-refractivity contribution in [1.29, 1.82) is 0 Å². The minimum absolute atomic E-state index is 0.197. The van der Waals surface area contributed by atoms with E-state index < -0.39 is 0 Å². The quantitative estimate of drug-likeness (QED) is 0.808. The van der Waals surface area contributed by atoms with Crippen LogP contribution in [-0.4, -0.2) is 30.1 Å². The largest absolute Gasteiger partial charge is 0.379 e. The lowest BCUT2D eigenvalue weighted by atomic mass is 10.0. The van der Waals surface area contributed by atoms with Crippen molar-refractivity contribution in [1.82, 2.24) is 4.98 Å². The van der Waals surface area contributed by atoms with Crippen LogP contribution in [0.5, 0.6) is 0 Å². The van der Waals surface area contributed by atoms with Gasteiger partial charge in [0, 0.05) is 16.7 Å². The number of ether oxygens (including phenoxy) is 1. The van der Waals surface area contributed by atoms with Crippen molar-refractivity contribution in [3.05, 3.63) is 21.9 Å². The van der Waals surface area contributed by atoms with E-state index in [2.05, 4.69) is 26.2 Å². The van der Waals surface area contributed by atoms with E-state index in [4.69, 9.17) is 22.1 Å². The maximum Gasteiger partial charge on any atom is 0.231 e. The van der Waals surface area contributed by atoms with Crippen LogP contribution in [0.1, 0.15) is 0 Å². The van der Waals surface area contributed by atoms with Crippen LogP contribution in [0.3, 0.4) is 0 Å². The summed E-state index contributed by atoms with van der Waals surface area (Å²) in [6, 6.07) is 1.42. The molecule has 0 bridgehead atoms.